The number of carbonyl (C=O) groups is 3. The number of barbiturate groups is 1. The van der Waals surface area contributed by atoms with Crippen molar-refractivity contribution in [3.05, 3.63) is 71.2 Å². The average Bonchev–Trinajstić information content (AvgIpc) is 3.27. The van der Waals surface area contributed by atoms with Gasteiger partial charge in [0.1, 0.15) is 5.82 Å². The Kier molecular flexibility index (Phi) is 7.10. The number of aromatic amines is 1. The third-order valence-corrected chi connectivity index (χ3v) is 6.46. The number of amides is 4. The zero-order valence-electron chi connectivity index (χ0n) is 20.2. The fraction of sp³-hybridized carbons (Fsp3) is 0.333. The van der Waals surface area contributed by atoms with Crippen molar-refractivity contribution in [2.75, 3.05) is 20.6 Å². The van der Waals surface area contributed by atoms with Crippen molar-refractivity contribution < 1.29 is 18.8 Å². The minimum absolute atomic E-state index is 0.231. The van der Waals surface area contributed by atoms with Gasteiger partial charge < -0.3 is 4.98 Å². The highest BCUT2D eigenvalue weighted by Crippen LogP contribution is 2.24. The molecular weight excluding hydrogens is 447 g/mol. The van der Waals surface area contributed by atoms with Gasteiger partial charge in [-0.1, -0.05) is 31.5 Å². The maximum absolute atomic E-state index is 13.6. The molecule has 1 fully saturated rings. The summed E-state index contributed by atoms with van der Waals surface area (Å²) in [4.78, 5) is 47.9. The summed E-state index contributed by atoms with van der Waals surface area (Å²) in [6, 6.07) is 11.2. The van der Waals surface area contributed by atoms with Crippen molar-refractivity contribution >= 4 is 34.5 Å². The van der Waals surface area contributed by atoms with Crippen LogP contribution in [-0.2, 0) is 22.4 Å². The van der Waals surface area contributed by atoms with Crippen molar-refractivity contribution in [1.82, 2.24) is 14.8 Å². The molecule has 1 N–H and O–H groups in total. The zero-order valence-corrected chi connectivity index (χ0v) is 20.2. The number of aryl methyl sites for hydroxylation is 1. The monoisotopic (exact) mass is 476 g/mol. The van der Waals surface area contributed by atoms with Crippen molar-refractivity contribution in [1.29, 1.82) is 0 Å². The number of hydrogen-bond acceptors (Lipinski definition) is 4. The molecule has 0 aliphatic carbocycles. The van der Waals surface area contributed by atoms with E-state index in [0.29, 0.717) is 18.5 Å². The highest BCUT2D eigenvalue weighted by molar-refractivity contribution is 6.30. The highest BCUT2D eigenvalue weighted by Gasteiger charge is 2.45. The van der Waals surface area contributed by atoms with E-state index in [9.17, 15) is 18.8 Å². The Hall–Kier alpha value is -3.81. The summed E-state index contributed by atoms with van der Waals surface area (Å²) in [6.45, 7) is 2.49. The van der Waals surface area contributed by atoms with Crippen LogP contribution in [-0.4, -0.2) is 59.0 Å². The van der Waals surface area contributed by atoms with Crippen molar-refractivity contribution in [3.63, 3.8) is 0 Å². The number of aliphatic imine (C=N–C) groups is 1. The van der Waals surface area contributed by atoms with E-state index in [1.54, 1.807) is 0 Å². The van der Waals surface area contributed by atoms with Crippen LogP contribution in [0.25, 0.3) is 10.9 Å². The van der Waals surface area contributed by atoms with E-state index in [4.69, 9.17) is 0 Å². The van der Waals surface area contributed by atoms with E-state index >= 15 is 0 Å². The van der Waals surface area contributed by atoms with Crippen molar-refractivity contribution in [2.45, 2.75) is 32.6 Å². The number of H-pyrrole nitrogens is 1. The van der Waals surface area contributed by atoms with Crippen molar-refractivity contribution in [2.24, 2.45) is 10.9 Å². The molecule has 1 aliphatic heterocycles. The van der Waals surface area contributed by atoms with Crippen molar-refractivity contribution in [3.8, 4) is 0 Å². The number of hydrogen-bond donors (Lipinski definition) is 1. The standard InChI is InChI=1S/C27H29FN4O3/c1-4-5-6-17-7-12-22-21(15-17)19(16-30-22)13-14-29-24(18-8-10-20(28)11-9-18)23-25(33)31(2)27(35)32(3)26(23)34/h7-12,15-16,23,30H,4-6,13-14H2,1-3H3. The van der Waals surface area contributed by atoms with Gasteiger partial charge in [-0.15, -0.1) is 0 Å². The molecule has 8 heteroatoms. The number of halogens is 1. The van der Waals surface area contributed by atoms with E-state index in [2.05, 4.69) is 35.1 Å². The van der Waals surface area contributed by atoms with Gasteiger partial charge in [0.2, 0.25) is 11.8 Å². The second-order valence-corrected chi connectivity index (χ2v) is 8.83. The van der Waals surface area contributed by atoms with Crippen LogP contribution in [0.1, 0.15) is 36.5 Å². The lowest BCUT2D eigenvalue weighted by Gasteiger charge is -2.33. The molecule has 4 rings (SSSR count). The first-order chi connectivity index (χ1) is 16.8. The zero-order chi connectivity index (χ0) is 25.1. The maximum Gasteiger partial charge on any atom is 0.332 e. The minimum Gasteiger partial charge on any atom is -0.361 e. The fourth-order valence-corrected chi connectivity index (χ4v) is 4.38. The molecule has 2 aromatic carbocycles. The SMILES string of the molecule is CCCCc1ccc2[nH]cc(CCN=C(c3ccc(F)cc3)C3C(=O)N(C)C(=O)N(C)C3=O)c2c1. The van der Waals surface area contributed by atoms with E-state index in [1.807, 2.05) is 6.20 Å². The van der Waals surface area contributed by atoms with Crippen LogP contribution in [0.3, 0.4) is 0 Å². The first kappa shape index (κ1) is 24.3. The molecule has 0 radical (unpaired) electrons. The molecule has 3 aromatic rings. The molecule has 4 amide bonds. The average molecular weight is 477 g/mol. The molecule has 1 aliphatic rings. The van der Waals surface area contributed by atoms with Crippen LogP contribution in [0.4, 0.5) is 9.18 Å². The Balaban J connectivity index is 1.65. The van der Waals surface area contributed by atoms with Gasteiger partial charge in [0, 0.05) is 37.7 Å². The van der Waals surface area contributed by atoms with E-state index in [0.717, 1.165) is 45.5 Å². The number of rotatable bonds is 8. The lowest BCUT2D eigenvalue weighted by atomic mass is 9.92. The molecule has 2 heterocycles. The Labute approximate surface area is 203 Å². The fourth-order valence-electron chi connectivity index (χ4n) is 4.38. The second-order valence-electron chi connectivity index (χ2n) is 8.83. The lowest BCUT2D eigenvalue weighted by Crippen LogP contribution is -2.59. The van der Waals surface area contributed by atoms with Crippen LogP contribution in [0.15, 0.2) is 53.7 Å². The second kappa shape index (κ2) is 10.2. The summed E-state index contributed by atoms with van der Waals surface area (Å²) in [7, 11) is 2.68. The highest BCUT2D eigenvalue weighted by atomic mass is 19.1. The molecule has 0 unspecified atom stereocenters. The van der Waals surface area contributed by atoms with Gasteiger partial charge in [0.05, 0.1) is 5.71 Å². The summed E-state index contributed by atoms with van der Waals surface area (Å²) < 4.78 is 13.6. The molecule has 1 aromatic heterocycles. The van der Waals surface area contributed by atoms with E-state index < -0.39 is 29.6 Å². The van der Waals surface area contributed by atoms with Gasteiger partial charge in [0.15, 0.2) is 5.92 Å². The summed E-state index contributed by atoms with van der Waals surface area (Å²) >= 11 is 0. The number of benzene rings is 2. The summed E-state index contributed by atoms with van der Waals surface area (Å²) in [6.07, 6.45) is 5.83. The van der Waals surface area contributed by atoms with Gasteiger partial charge in [0.25, 0.3) is 0 Å². The maximum atomic E-state index is 13.6. The quantitative estimate of drug-likeness (QED) is 0.387. The molecule has 182 valence electrons. The van der Waals surface area contributed by atoms with Gasteiger partial charge in [-0.25, -0.2) is 9.18 Å². The van der Waals surface area contributed by atoms with Crippen LogP contribution in [0, 0.1) is 11.7 Å². The van der Waals surface area contributed by atoms with Crippen LogP contribution in [0.5, 0.6) is 0 Å². The largest absolute Gasteiger partial charge is 0.361 e. The van der Waals surface area contributed by atoms with E-state index in [-0.39, 0.29) is 5.71 Å². The summed E-state index contributed by atoms with van der Waals surface area (Å²) in [5.74, 6) is -2.99. The smallest absolute Gasteiger partial charge is 0.332 e. The van der Waals surface area contributed by atoms with Gasteiger partial charge >= 0.3 is 6.03 Å². The molecule has 7 nitrogen and oxygen atoms in total. The third-order valence-electron chi connectivity index (χ3n) is 6.46. The van der Waals surface area contributed by atoms with Gasteiger partial charge in [-0.2, -0.15) is 0 Å². The van der Waals surface area contributed by atoms with Gasteiger partial charge in [-0.05, 0) is 60.2 Å². The molecule has 35 heavy (non-hydrogen) atoms. The van der Waals surface area contributed by atoms with Gasteiger partial charge in [-0.3, -0.25) is 24.4 Å². The molecule has 0 saturated carbocycles. The first-order valence-electron chi connectivity index (χ1n) is 11.8. The number of urea groups is 1. The molecule has 1 saturated heterocycles. The summed E-state index contributed by atoms with van der Waals surface area (Å²) in [5, 5.41) is 1.13. The van der Waals surface area contributed by atoms with Crippen LogP contribution in [0.2, 0.25) is 0 Å². The number of nitrogens with zero attached hydrogens (tertiary/aromatic N) is 3. The molecule has 0 spiro atoms. The Bertz CT molecular complexity index is 1270. The van der Waals surface area contributed by atoms with Crippen LogP contribution < -0.4 is 0 Å². The van der Waals surface area contributed by atoms with Crippen LogP contribution >= 0.6 is 0 Å². The number of nitrogens with one attached hydrogen (secondary N) is 1. The predicted octanol–water partition coefficient (Wildman–Crippen LogP) is 4.35. The summed E-state index contributed by atoms with van der Waals surface area (Å²) in [5.41, 5.74) is 4.11. The Morgan fingerprint density at radius 1 is 1.00 bits per heavy atom. The first-order valence-corrected chi connectivity index (χ1v) is 11.8. The number of fused-ring (bicyclic) bond motifs is 1. The topological polar surface area (TPSA) is 85.8 Å². The molecule has 0 bridgehead atoms. The third kappa shape index (κ3) is 4.87. The Morgan fingerprint density at radius 3 is 2.34 bits per heavy atom. The minimum atomic E-state index is -1.27. The normalized spacial score (nSPS) is 15.5. The predicted molar refractivity (Wildman–Crippen MR) is 133 cm³/mol. The number of unbranched alkanes of at least 4 members (excludes halogenated alkanes) is 1. The number of aromatic nitrogens is 1. The number of carbonyl (C=O) groups excluding carboxylic acids is 3. The number of imide groups is 2. The van der Waals surface area contributed by atoms with E-state index in [1.165, 1.54) is 43.9 Å². The Morgan fingerprint density at radius 2 is 1.69 bits per heavy atom. The molecule has 0 atom stereocenters. The lowest BCUT2D eigenvalue weighted by molar-refractivity contribution is -0.144. The molecular formula is C27H29FN4O3.